The Bertz CT molecular complexity index is 709. The van der Waals surface area contributed by atoms with Gasteiger partial charge >= 0.3 is 0 Å². The highest BCUT2D eigenvalue weighted by Crippen LogP contribution is 2.22. The van der Waals surface area contributed by atoms with E-state index in [0.29, 0.717) is 19.7 Å². The molecule has 2 amide bonds. The molecule has 0 radical (unpaired) electrons. The van der Waals surface area contributed by atoms with E-state index in [1.54, 1.807) is 4.90 Å². The summed E-state index contributed by atoms with van der Waals surface area (Å²) >= 11 is 0. The van der Waals surface area contributed by atoms with E-state index in [0.717, 1.165) is 5.56 Å². The first-order chi connectivity index (χ1) is 12.2. The molecule has 1 aromatic heterocycles. The first-order valence-corrected chi connectivity index (χ1v) is 8.22. The zero-order valence-electron chi connectivity index (χ0n) is 13.8. The molecule has 1 N–H and O–H groups in total. The van der Waals surface area contributed by atoms with Crippen LogP contribution >= 0.6 is 0 Å². The molecule has 1 aliphatic heterocycles. The maximum Gasteiger partial charge on any atom is 0.271 e. The van der Waals surface area contributed by atoms with Crippen molar-refractivity contribution in [3.05, 3.63) is 60.2 Å². The van der Waals surface area contributed by atoms with Crippen LogP contribution in [0.1, 0.15) is 28.6 Å². The standard InChI is InChI=1S/C18H20N4O3/c23-17(6-7-21-18(24)15-12-19-8-9-20-15)22-10-11-25-16(13-22)14-4-2-1-3-5-14/h1-5,8-9,12,16H,6-7,10-11,13H2,(H,21,24)/t16-/m1/s1. The van der Waals surface area contributed by atoms with Crippen LogP contribution < -0.4 is 5.32 Å². The number of amides is 2. The van der Waals surface area contributed by atoms with Gasteiger partial charge in [-0.3, -0.25) is 14.6 Å². The molecule has 2 heterocycles. The predicted molar refractivity (Wildman–Crippen MR) is 90.7 cm³/mol. The first kappa shape index (κ1) is 17.0. The Kier molecular flexibility index (Phi) is 5.69. The number of nitrogens with zero attached hydrogens (tertiary/aromatic N) is 3. The van der Waals surface area contributed by atoms with Gasteiger partial charge in [0.15, 0.2) is 0 Å². The molecule has 1 saturated heterocycles. The van der Waals surface area contributed by atoms with Gasteiger partial charge in [0.2, 0.25) is 5.91 Å². The lowest BCUT2D eigenvalue weighted by atomic mass is 10.1. The lowest BCUT2D eigenvalue weighted by molar-refractivity contribution is -0.138. The lowest BCUT2D eigenvalue weighted by Crippen LogP contribution is -2.43. The van der Waals surface area contributed by atoms with Crippen LogP contribution in [0.2, 0.25) is 0 Å². The third kappa shape index (κ3) is 4.60. The van der Waals surface area contributed by atoms with Crippen molar-refractivity contribution in [3.8, 4) is 0 Å². The molecule has 1 fully saturated rings. The Labute approximate surface area is 146 Å². The quantitative estimate of drug-likeness (QED) is 0.884. The fourth-order valence-corrected chi connectivity index (χ4v) is 2.69. The summed E-state index contributed by atoms with van der Waals surface area (Å²) in [6.45, 7) is 1.88. The van der Waals surface area contributed by atoms with Crippen molar-refractivity contribution in [2.75, 3.05) is 26.2 Å². The Hall–Kier alpha value is -2.80. The minimum absolute atomic E-state index is 0.00340. The predicted octanol–water partition coefficient (Wildman–Crippen LogP) is 1.20. The Balaban J connectivity index is 1.47. The van der Waals surface area contributed by atoms with Crippen LogP contribution in [0.15, 0.2) is 48.9 Å². The average Bonchev–Trinajstić information content (AvgIpc) is 2.69. The van der Waals surface area contributed by atoms with Crippen LogP contribution in [-0.4, -0.2) is 52.9 Å². The van der Waals surface area contributed by atoms with Gasteiger partial charge in [-0.25, -0.2) is 4.98 Å². The van der Waals surface area contributed by atoms with Gasteiger partial charge in [-0.1, -0.05) is 30.3 Å². The molecule has 1 aliphatic rings. The lowest BCUT2D eigenvalue weighted by Gasteiger charge is -2.33. The highest BCUT2D eigenvalue weighted by Gasteiger charge is 2.25. The van der Waals surface area contributed by atoms with Crippen molar-refractivity contribution in [1.82, 2.24) is 20.2 Å². The Morgan fingerprint density at radius 2 is 2.08 bits per heavy atom. The van der Waals surface area contributed by atoms with Crippen LogP contribution in [-0.2, 0) is 9.53 Å². The number of rotatable bonds is 5. The fourth-order valence-electron chi connectivity index (χ4n) is 2.69. The smallest absolute Gasteiger partial charge is 0.271 e. The van der Waals surface area contributed by atoms with E-state index in [-0.39, 0.29) is 36.6 Å². The summed E-state index contributed by atoms with van der Waals surface area (Å²) in [6.07, 6.45) is 4.49. The van der Waals surface area contributed by atoms with Crippen LogP contribution in [0.5, 0.6) is 0 Å². The van der Waals surface area contributed by atoms with Crippen molar-refractivity contribution in [3.63, 3.8) is 0 Å². The van der Waals surface area contributed by atoms with Gasteiger partial charge in [-0.05, 0) is 5.56 Å². The summed E-state index contributed by atoms with van der Waals surface area (Å²) in [4.78, 5) is 33.8. The number of aromatic nitrogens is 2. The van der Waals surface area contributed by atoms with Gasteiger partial charge in [0.25, 0.3) is 5.91 Å². The van der Waals surface area contributed by atoms with Crippen LogP contribution in [0.4, 0.5) is 0 Å². The van der Waals surface area contributed by atoms with Gasteiger partial charge < -0.3 is 15.0 Å². The van der Waals surface area contributed by atoms with Crippen molar-refractivity contribution < 1.29 is 14.3 Å². The Morgan fingerprint density at radius 3 is 2.84 bits per heavy atom. The topological polar surface area (TPSA) is 84.4 Å². The van der Waals surface area contributed by atoms with E-state index in [1.165, 1.54) is 18.6 Å². The van der Waals surface area contributed by atoms with Gasteiger partial charge in [0, 0.05) is 31.9 Å². The number of nitrogens with one attached hydrogen (secondary N) is 1. The number of carbonyl (C=O) groups is 2. The van der Waals surface area contributed by atoms with Gasteiger partial charge in [0.05, 0.1) is 19.3 Å². The molecule has 1 atom stereocenters. The monoisotopic (exact) mass is 340 g/mol. The second kappa shape index (κ2) is 8.34. The van der Waals surface area contributed by atoms with E-state index >= 15 is 0 Å². The SMILES string of the molecule is O=C(NCCC(=O)N1CCO[C@@H](c2ccccc2)C1)c1cnccn1. The molecule has 0 aliphatic carbocycles. The molecule has 1 aromatic carbocycles. The average molecular weight is 340 g/mol. The summed E-state index contributed by atoms with van der Waals surface area (Å²) in [7, 11) is 0. The van der Waals surface area contributed by atoms with Gasteiger partial charge in [0.1, 0.15) is 11.8 Å². The molecular weight excluding hydrogens is 320 g/mol. The summed E-state index contributed by atoms with van der Waals surface area (Å²) in [5, 5.41) is 2.69. The minimum Gasteiger partial charge on any atom is -0.370 e. The number of ether oxygens (including phenoxy) is 1. The van der Waals surface area contributed by atoms with Crippen molar-refractivity contribution in [2.45, 2.75) is 12.5 Å². The molecule has 0 unspecified atom stereocenters. The molecule has 0 bridgehead atoms. The minimum atomic E-state index is -0.329. The maximum absolute atomic E-state index is 12.4. The number of benzene rings is 1. The fraction of sp³-hybridized carbons (Fsp3) is 0.333. The first-order valence-electron chi connectivity index (χ1n) is 8.22. The largest absolute Gasteiger partial charge is 0.370 e. The van der Waals surface area contributed by atoms with E-state index in [1.807, 2.05) is 30.3 Å². The number of morpholine rings is 1. The number of hydrogen-bond acceptors (Lipinski definition) is 5. The third-order valence-corrected chi connectivity index (χ3v) is 4.01. The Morgan fingerprint density at radius 1 is 1.24 bits per heavy atom. The normalized spacial score (nSPS) is 17.1. The van der Waals surface area contributed by atoms with Crippen molar-refractivity contribution >= 4 is 11.8 Å². The molecule has 3 rings (SSSR count). The number of carbonyl (C=O) groups excluding carboxylic acids is 2. The molecule has 2 aromatic rings. The highest BCUT2D eigenvalue weighted by atomic mass is 16.5. The van der Waals surface area contributed by atoms with E-state index in [4.69, 9.17) is 4.74 Å². The summed E-state index contributed by atoms with van der Waals surface area (Å²) in [5.41, 5.74) is 1.31. The molecule has 130 valence electrons. The second-order valence-corrected chi connectivity index (χ2v) is 5.71. The van der Waals surface area contributed by atoms with Crippen molar-refractivity contribution in [1.29, 1.82) is 0 Å². The maximum atomic E-state index is 12.4. The second-order valence-electron chi connectivity index (χ2n) is 5.71. The van der Waals surface area contributed by atoms with Crippen LogP contribution in [0, 0.1) is 0 Å². The van der Waals surface area contributed by atoms with Gasteiger partial charge in [-0.2, -0.15) is 0 Å². The van der Waals surface area contributed by atoms with Crippen molar-refractivity contribution in [2.24, 2.45) is 0 Å². The molecule has 25 heavy (non-hydrogen) atoms. The van der Waals surface area contributed by atoms with E-state index in [2.05, 4.69) is 15.3 Å². The zero-order chi connectivity index (χ0) is 17.5. The third-order valence-electron chi connectivity index (χ3n) is 4.01. The molecule has 0 saturated carbocycles. The molecule has 0 spiro atoms. The number of hydrogen-bond donors (Lipinski definition) is 1. The van der Waals surface area contributed by atoms with Gasteiger partial charge in [-0.15, -0.1) is 0 Å². The summed E-state index contributed by atoms with van der Waals surface area (Å²) in [5.74, 6) is -0.325. The van der Waals surface area contributed by atoms with E-state index < -0.39 is 0 Å². The highest BCUT2D eigenvalue weighted by molar-refractivity contribution is 5.92. The molecule has 7 nitrogen and oxygen atoms in total. The van der Waals surface area contributed by atoms with E-state index in [9.17, 15) is 9.59 Å². The molecule has 7 heteroatoms. The summed E-state index contributed by atoms with van der Waals surface area (Å²) < 4.78 is 5.77. The zero-order valence-corrected chi connectivity index (χ0v) is 13.8. The molecular formula is C18H20N4O3. The van der Waals surface area contributed by atoms with Crippen LogP contribution in [0.3, 0.4) is 0 Å². The van der Waals surface area contributed by atoms with Crippen LogP contribution in [0.25, 0.3) is 0 Å². The summed E-state index contributed by atoms with van der Waals surface area (Å²) in [6, 6.07) is 9.87.